The molecule has 76 valence electrons. The molecule has 0 aromatic heterocycles. The first-order chi connectivity index (χ1) is 6.63. The first-order valence-electron chi connectivity index (χ1n) is 4.13. The standard InChI is InChI=1S/C10H11BrO3/c1-7(11)10(12)14-9-5-3-8(13-2)4-6-9/h3-7H,1-2H3/t7-/m0/s1. The first kappa shape index (κ1) is 11.0. The van der Waals surface area contributed by atoms with Gasteiger partial charge in [-0.25, -0.2) is 0 Å². The van der Waals surface area contributed by atoms with Crippen LogP contribution >= 0.6 is 15.9 Å². The van der Waals surface area contributed by atoms with Crippen LogP contribution in [0.25, 0.3) is 0 Å². The van der Waals surface area contributed by atoms with Crippen molar-refractivity contribution in [1.82, 2.24) is 0 Å². The molecule has 0 aliphatic heterocycles. The molecule has 0 bridgehead atoms. The summed E-state index contributed by atoms with van der Waals surface area (Å²) in [5, 5.41) is 0. The van der Waals surface area contributed by atoms with Gasteiger partial charge < -0.3 is 9.47 Å². The average molecular weight is 259 g/mol. The van der Waals surface area contributed by atoms with Crippen LogP contribution in [0.3, 0.4) is 0 Å². The maximum Gasteiger partial charge on any atom is 0.324 e. The fourth-order valence-corrected chi connectivity index (χ4v) is 0.935. The van der Waals surface area contributed by atoms with E-state index in [9.17, 15) is 4.79 Å². The van der Waals surface area contributed by atoms with Crippen molar-refractivity contribution in [1.29, 1.82) is 0 Å². The van der Waals surface area contributed by atoms with Crippen LogP contribution in [0.4, 0.5) is 0 Å². The van der Waals surface area contributed by atoms with E-state index in [0.29, 0.717) is 5.75 Å². The SMILES string of the molecule is COc1ccc(OC(=O)[C@H](C)Br)cc1. The maximum absolute atomic E-state index is 11.2. The lowest BCUT2D eigenvalue weighted by atomic mass is 10.3. The summed E-state index contributed by atoms with van der Waals surface area (Å²) >= 11 is 3.13. The number of methoxy groups -OCH3 is 1. The molecular weight excluding hydrogens is 248 g/mol. The van der Waals surface area contributed by atoms with Gasteiger partial charge in [-0.3, -0.25) is 4.79 Å². The van der Waals surface area contributed by atoms with E-state index in [1.165, 1.54) is 0 Å². The monoisotopic (exact) mass is 258 g/mol. The van der Waals surface area contributed by atoms with Gasteiger partial charge in [0.25, 0.3) is 0 Å². The molecule has 4 heteroatoms. The van der Waals surface area contributed by atoms with Gasteiger partial charge in [-0.15, -0.1) is 0 Å². The topological polar surface area (TPSA) is 35.5 Å². The van der Waals surface area contributed by atoms with E-state index < -0.39 is 0 Å². The van der Waals surface area contributed by atoms with Gasteiger partial charge in [-0.05, 0) is 31.2 Å². The zero-order valence-electron chi connectivity index (χ0n) is 7.99. The van der Waals surface area contributed by atoms with Crippen molar-refractivity contribution >= 4 is 21.9 Å². The van der Waals surface area contributed by atoms with Gasteiger partial charge in [-0.2, -0.15) is 0 Å². The number of carbonyl (C=O) groups excluding carboxylic acids is 1. The second kappa shape index (κ2) is 5.00. The number of carbonyl (C=O) groups is 1. The molecule has 0 aliphatic carbocycles. The van der Waals surface area contributed by atoms with Crippen molar-refractivity contribution < 1.29 is 14.3 Å². The molecule has 1 aromatic carbocycles. The Morgan fingerprint density at radius 1 is 1.29 bits per heavy atom. The minimum absolute atomic E-state index is 0.301. The van der Waals surface area contributed by atoms with Gasteiger partial charge in [0.2, 0.25) is 0 Å². The highest BCUT2D eigenvalue weighted by atomic mass is 79.9. The molecule has 3 nitrogen and oxygen atoms in total. The molecular formula is C10H11BrO3. The van der Waals surface area contributed by atoms with Crippen LogP contribution in [-0.4, -0.2) is 17.9 Å². The molecule has 0 N–H and O–H groups in total. The van der Waals surface area contributed by atoms with Crippen molar-refractivity contribution in [2.24, 2.45) is 0 Å². The molecule has 0 fully saturated rings. The van der Waals surface area contributed by atoms with Crippen molar-refractivity contribution in [3.63, 3.8) is 0 Å². The van der Waals surface area contributed by atoms with Crippen LogP contribution in [0.15, 0.2) is 24.3 Å². The molecule has 0 spiro atoms. The van der Waals surface area contributed by atoms with E-state index in [4.69, 9.17) is 9.47 Å². The quantitative estimate of drug-likeness (QED) is 0.475. The molecule has 0 heterocycles. The number of rotatable bonds is 3. The van der Waals surface area contributed by atoms with E-state index >= 15 is 0 Å². The van der Waals surface area contributed by atoms with Crippen molar-refractivity contribution in [2.45, 2.75) is 11.8 Å². The van der Waals surface area contributed by atoms with Crippen LogP contribution in [0.2, 0.25) is 0 Å². The van der Waals surface area contributed by atoms with Crippen molar-refractivity contribution in [2.75, 3.05) is 7.11 Å². The van der Waals surface area contributed by atoms with Crippen molar-refractivity contribution in [3.05, 3.63) is 24.3 Å². The van der Waals surface area contributed by atoms with Crippen LogP contribution in [0, 0.1) is 0 Å². The summed E-state index contributed by atoms with van der Waals surface area (Å²) in [6.45, 7) is 1.71. The Kier molecular flexibility index (Phi) is 3.95. The minimum Gasteiger partial charge on any atom is -0.497 e. The summed E-state index contributed by atoms with van der Waals surface area (Å²) in [5.41, 5.74) is 0. The fourth-order valence-electron chi connectivity index (χ4n) is 0.841. The lowest BCUT2D eigenvalue weighted by Crippen LogP contribution is -2.16. The second-order valence-corrected chi connectivity index (χ2v) is 4.09. The molecule has 1 atom stereocenters. The number of ether oxygens (including phenoxy) is 2. The largest absolute Gasteiger partial charge is 0.497 e. The Morgan fingerprint density at radius 3 is 2.21 bits per heavy atom. The number of halogens is 1. The molecule has 14 heavy (non-hydrogen) atoms. The zero-order valence-corrected chi connectivity index (χ0v) is 9.58. The Labute approximate surface area is 91.1 Å². The summed E-state index contributed by atoms with van der Waals surface area (Å²) in [6, 6.07) is 6.85. The van der Waals surface area contributed by atoms with Gasteiger partial charge >= 0.3 is 5.97 Å². The molecule has 0 saturated carbocycles. The number of esters is 1. The highest BCUT2D eigenvalue weighted by Gasteiger charge is 2.10. The number of benzene rings is 1. The molecule has 0 saturated heterocycles. The smallest absolute Gasteiger partial charge is 0.324 e. The van der Waals surface area contributed by atoms with Crippen molar-refractivity contribution in [3.8, 4) is 11.5 Å². The predicted octanol–water partition coefficient (Wildman–Crippen LogP) is 2.38. The van der Waals surface area contributed by atoms with E-state index in [1.54, 1.807) is 38.3 Å². The minimum atomic E-state index is -0.310. The van der Waals surface area contributed by atoms with Crippen LogP contribution in [-0.2, 0) is 4.79 Å². The molecule has 0 radical (unpaired) electrons. The van der Waals surface area contributed by atoms with Gasteiger partial charge in [0.15, 0.2) is 0 Å². The highest BCUT2D eigenvalue weighted by Crippen LogP contribution is 2.18. The molecule has 1 rings (SSSR count). The predicted molar refractivity (Wildman–Crippen MR) is 57.0 cm³/mol. The van der Waals surface area contributed by atoms with Gasteiger partial charge in [0, 0.05) is 0 Å². The first-order valence-corrected chi connectivity index (χ1v) is 5.05. The summed E-state index contributed by atoms with van der Waals surface area (Å²) in [4.78, 5) is 10.9. The molecule has 1 aromatic rings. The lowest BCUT2D eigenvalue weighted by Gasteiger charge is -2.06. The Hall–Kier alpha value is -1.03. The zero-order chi connectivity index (χ0) is 10.6. The fraction of sp³-hybridized carbons (Fsp3) is 0.300. The molecule has 0 unspecified atom stereocenters. The number of hydrogen-bond acceptors (Lipinski definition) is 3. The van der Waals surface area contributed by atoms with Crippen LogP contribution < -0.4 is 9.47 Å². The Morgan fingerprint density at radius 2 is 1.79 bits per heavy atom. The van der Waals surface area contributed by atoms with Gasteiger partial charge in [0.1, 0.15) is 16.3 Å². The van der Waals surface area contributed by atoms with Crippen LogP contribution in [0.1, 0.15) is 6.92 Å². The summed E-state index contributed by atoms with van der Waals surface area (Å²) in [6.07, 6.45) is 0. The third-order valence-electron chi connectivity index (χ3n) is 1.60. The summed E-state index contributed by atoms with van der Waals surface area (Å²) in [7, 11) is 1.58. The van der Waals surface area contributed by atoms with E-state index in [0.717, 1.165) is 5.75 Å². The van der Waals surface area contributed by atoms with Gasteiger partial charge in [0.05, 0.1) is 7.11 Å². The Balaban J connectivity index is 2.64. The summed E-state index contributed by atoms with van der Waals surface area (Å²) in [5.74, 6) is 0.939. The highest BCUT2D eigenvalue weighted by molar-refractivity contribution is 9.10. The molecule has 0 amide bonds. The summed E-state index contributed by atoms with van der Waals surface area (Å²) < 4.78 is 10.0. The maximum atomic E-state index is 11.2. The second-order valence-electron chi connectivity index (χ2n) is 2.71. The van der Waals surface area contributed by atoms with E-state index in [1.807, 2.05) is 0 Å². The third-order valence-corrected chi connectivity index (χ3v) is 1.98. The Bertz CT molecular complexity index is 306. The molecule has 0 aliphatic rings. The van der Waals surface area contributed by atoms with E-state index in [2.05, 4.69) is 15.9 Å². The number of alkyl halides is 1. The normalized spacial score (nSPS) is 11.9. The van der Waals surface area contributed by atoms with Crippen LogP contribution in [0.5, 0.6) is 11.5 Å². The average Bonchev–Trinajstić information content (AvgIpc) is 2.19. The number of hydrogen-bond donors (Lipinski definition) is 0. The third kappa shape index (κ3) is 3.03. The van der Waals surface area contributed by atoms with Gasteiger partial charge in [-0.1, -0.05) is 15.9 Å². The van der Waals surface area contributed by atoms with E-state index in [-0.39, 0.29) is 10.8 Å². The lowest BCUT2D eigenvalue weighted by molar-refractivity contribution is -0.133.